The molecular formula is C13H20FN3O. The maximum Gasteiger partial charge on any atom is 0.251 e. The van der Waals surface area contributed by atoms with E-state index in [1.54, 1.807) is 12.1 Å². The van der Waals surface area contributed by atoms with Crippen LogP contribution in [-0.4, -0.2) is 23.9 Å². The molecule has 0 heterocycles. The zero-order valence-electron chi connectivity index (χ0n) is 11.0. The number of carbonyl (C=O) groups is 1. The van der Waals surface area contributed by atoms with E-state index in [2.05, 4.69) is 5.43 Å². The number of nitrogens with one attached hydrogen (secondary N) is 1. The molecule has 0 fully saturated rings. The zero-order chi connectivity index (χ0) is 13.7. The quantitative estimate of drug-likeness (QED) is 0.472. The van der Waals surface area contributed by atoms with Crippen molar-refractivity contribution < 1.29 is 9.18 Å². The van der Waals surface area contributed by atoms with Crippen molar-refractivity contribution in [2.24, 2.45) is 11.8 Å². The van der Waals surface area contributed by atoms with Crippen molar-refractivity contribution in [1.82, 2.24) is 10.3 Å². The minimum Gasteiger partial charge on any atom is -0.293 e. The minimum absolute atomic E-state index is 0.138. The topological polar surface area (TPSA) is 58.4 Å². The summed E-state index contributed by atoms with van der Waals surface area (Å²) in [6, 6.07) is 5.94. The lowest BCUT2D eigenvalue weighted by Crippen LogP contribution is -2.50. The van der Waals surface area contributed by atoms with Gasteiger partial charge in [0.15, 0.2) is 0 Å². The number of rotatable bonds is 5. The standard InChI is InChI=1S/C13H20FN3O/c1-9(2)12(13(18)16-15)17(3)8-10-4-6-11(14)7-5-10/h4-7,9,12H,8,15H2,1-3H3,(H,16,18). The molecule has 4 nitrogen and oxygen atoms in total. The van der Waals surface area contributed by atoms with Gasteiger partial charge in [0, 0.05) is 6.54 Å². The van der Waals surface area contributed by atoms with Crippen molar-refractivity contribution in [1.29, 1.82) is 0 Å². The van der Waals surface area contributed by atoms with Crippen molar-refractivity contribution in [3.63, 3.8) is 0 Å². The molecule has 5 heteroatoms. The summed E-state index contributed by atoms with van der Waals surface area (Å²) in [4.78, 5) is 13.6. The second kappa shape index (κ2) is 6.47. The number of hydrogen-bond acceptors (Lipinski definition) is 3. The summed E-state index contributed by atoms with van der Waals surface area (Å²) < 4.78 is 12.8. The number of benzene rings is 1. The van der Waals surface area contributed by atoms with Crippen LogP contribution in [0.4, 0.5) is 4.39 Å². The Labute approximate surface area is 107 Å². The van der Waals surface area contributed by atoms with E-state index in [0.717, 1.165) is 5.56 Å². The highest BCUT2D eigenvalue weighted by atomic mass is 19.1. The molecule has 1 rings (SSSR count). The van der Waals surface area contributed by atoms with Gasteiger partial charge in [0.2, 0.25) is 0 Å². The predicted molar refractivity (Wildman–Crippen MR) is 68.8 cm³/mol. The highest BCUT2D eigenvalue weighted by Crippen LogP contribution is 2.13. The summed E-state index contributed by atoms with van der Waals surface area (Å²) in [5, 5.41) is 0. The number of halogens is 1. The molecule has 100 valence electrons. The fourth-order valence-corrected chi connectivity index (χ4v) is 2.07. The summed E-state index contributed by atoms with van der Waals surface area (Å²) in [5.41, 5.74) is 3.13. The third-order valence-electron chi connectivity index (χ3n) is 2.86. The first-order chi connectivity index (χ1) is 8.45. The van der Waals surface area contributed by atoms with E-state index in [4.69, 9.17) is 5.84 Å². The number of likely N-dealkylation sites (N-methyl/N-ethyl adjacent to an activating group) is 1. The largest absolute Gasteiger partial charge is 0.293 e. The maximum absolute atomic E-state index is 12.8. The first-order valence-corrected chi connectivity index (χ1v) is 5.91. The van der Waals surface area contributed by atoms with Gasteiger partial charge in [-0.3, -0.25) is 15.1 Å². The molecule has 0 radical (unpaired) electrons. The molecule has 18 heavy (non-hydrogen) atoms. The lowest BCUT2D eigenvalue weighted by Gasteiger charge is -2.29. The van der Waals surface area contributed by atoms with Crippen LogP contribution in [0.25, 0.3) is 0 Å². The Hall–Kier alpha value is -1.46. The van der Waals surface area contributed by atoms with E-state index in [9.17, 15) is 9.18 Å². The van der Waals surface area contributed by atoms with Gasteiger partial charge in [-0.15, -0.1) is 0 Å². The van der Waals surface area contributed by atoms with E-state index >= 15 is 0 Å². The van der Waals surface area contributed by atoms with Gasteiger partial charge in [0.1, 0.15) is 5.82 Å². The third kappa shape index (κ3) is 3.78. The van der Waals surface area contributed by atoms with Crippen LogP contribution >= 0.6 is 0 Å². The average Bonchev–Trinajstić information content (AvgIpc) is 2.31. The molecule has 0 spiro atoms. The average molecular weight is 253 g/mol. The Kier molecular flexibility index (Phi) is 5.25. The first-order valence-electron chi connectivity index (χ1n) is 5.91. The second-order valence-corrected chi connectivity index (χ2v) is 4.74. The lowest BCUT2D eigenvalue weighted by atomic mass is 10.0. The Morgan fingerprint density at radius 1 is 1.39 bits per heavy atom. The maximum atomic E-state index is 12.8. The monoisotopic (exact) mass is 253 g/mol. The summed E-state index contributed by atoms with van der Waals surface area (Å²) in [7, 11) is 1.85. The molecule has 1 unspecified atom stereocenters. The number of amides is 1. The van der Waals surface area contributed by atoms with Crippen molar-refractivity contribution in [3.8, 4) is 0 Å². The summed E-state index contributed by atoms with van der Waals surface area (Å²) in [5.74, 6) is 4.85. The number of hydrogen-bond donors (Lipinski definition) is 2. The molecule has 1 amide bonds. The Bertz CT molecular complexity index is 392. The molecule has 1 aromatic rings. The highest BCUT2D eigenvalue weighted by Gasteiger charge is 2.25. The van der Waals surface area contributed by atoms with Crippen LogP contribution in [0, 0.1) is 11.7 Å². The third-order valence-corrected chi connectivity index (χ3v) is 2.86. The Balaban J connectivity index is 2.75. The van der Waals surface area contributed by atoms with Gasteiger partial charge in [-0.25, -0.2) is 10.2 Å². The number of nitrogens with zero attached hydrogens (tertiary/aromatic N) is 1. The van der Waals surface area contributed by atoms with Gasteiger partial charge in [-0.2, -0.15) is 0 Å². The number of carbonyl (C=O) groups excluding carboxylic acids is 1. The smallest absolute Gasteiger partial charge is 0.251 e. The number of hydrazine groups is 1. The van der Waals surface area contributed by atoms with Crippen LogP contribution in [-0.2, 0) is 11.3 Å². The molecule has 3 N–H and O–H groups in total. The van der Waals surface area contributed by atoms with Crippen LogP contribution < -0.4 is 11.3 Å². The minimum atomic E-state index is -0.306. The number of nitrogens with two attached hydrogens (primary N) is 1. The first kappa shape index (κ1) is 14.6. The van der Waals surface area contributed by atoms with Gasteiger partial charge >= 0.3 is 0 Å². The van der Waals surface area contributed by atoms with E-state index in [0.29, 0.717) is 6.54 Å². The van der Waals surface area contributed by atoms with E-state index in [-0.39, 0.29) is 23.7 Å². The lowest BCUT2D eigenvalue weighted by molar-refractivity contribution is -0.127. The summed E-state index contributed by atoms with van der Waals surface area (Å²) in [6.45, 7) is 4.48. The van der Waals surface area contributed by atoms with Crippen LogP contribution in [0.2, 0.25) is 0 Å². The highest BCUT2D eigenvalue weighted by molar-refractivity contribution is 5.81. The fraction of sp³-hybridized carbons (Fsp3) is 0.462. The molecule has 0 aliphatic heterocycles. The van der Waals surface area contributed by atoms with E-state index < -0.39 is 0 Å². The molecule has 0 aromatic heterocycles. The Morgan fingerprint density at radius 3 is 2.39 bits per heavy atom. The molecule has 0 aliphatic carbocycles. The van der Waals surface area contributed by atoms with Crippen molar-refractivity contribution >= 4 is 5.91 Å². The SMILES string of the molecule is CC(C)C(C(=O)NN)N(C)Cc1ccc(F)cc1. The second-order valence-electron chi connectivity index (χ2n) is 4.74. The van der Waals surface area contributed by atoms with Crippen LogP contribution in [0.1, 0.15) is 19.4 Å². The summed E-state index contributed by atoms with van der Waals surface area (Å²) >= 11 is 0. The van der Waals surface area contributed by atoms with E-state index in [1.165, 1.54) is 12.1 Å². The zero-order valence-corrected chi connectivity index (χ0v) is 11.0. The van der Waals surface area contributed by atoms with Crippen LogP contribution in [0.5, 0.6) is 0 Å². The van der Waals surface area contributed by atoms with Gasteiger partial charge < -0.3 is 0 Å². The van der Waals surface area contributed by atoms with Gasteiger partial charge in [-0.05, 0) is 30.7 Å². The predicted octanol–water partition coefficient (Wildman–Crippen LogP) is 1.27. The van der Waals surface area contributed by atoms with Crippen LogP contribution in [0.15, 0.2) is 24.3 Å². The van der Waals surface area contributed by atoms with Crippen LogP contribution in [0.3, 0.4) is 0 Å². The molecule has 0 saturated carbocycles. The molecule has 0 aliphatic rings. The van der Waals surface area contributed by atoms with E-state index in [1.807, 2.05) is 25.8 Å². The van der Waals surface area contributed by atoms with Gasteiger partial charge in [0.05, 0.1) is 6.04 Å². The fourth-order valence-electron chi connectivity index (χ4n) is 2.07. The van der Waals surface area contributed by atoms with Gasteiger partial charge in [-0.1, -0.05) is 26.0 Å². The molecular weight excluding hydrogens is 233 g/mol. The Morgan fingerprint density at radius 2 is 1.94 bits per heavy atom. The normalized spacial score (nSPS) is 12.8. The van der Waals surface area contributed by atoms with Gasteiger partial charge in [0.25, 0.3) is 5.91 Å². The molecule has 1 aromatic carbocycles. The summed E-state index contributed by atoms with van der Waals surface area (Å²) in [6.07, 6.45) is 0. The molecule has 0 bridgehead atoms. The van der Waals surface area contributed by atoms with Crippen molar-refractivity contribution in [2.45, 2.75) is 26.4 Å². The van der Waals surface area contributed by atoms with Crippen molar-refractivity contribution in [2.75, 3.05) is 7.05 Å². The molecule has 0 saturated heterocycles. The van der Waals surface area contributed by atoms with Crippen molar-refractivity contribution in [3.05, 3.63) is 35.6 Å². The molecule has 1 atom stereocenters.